The van der Waals surface area contributed by atoms with E-state index in [9.17, 15) is 4.79 Å². The largest absolute Gasteiger partial charge is 0.337 e. The first-order chi connectivity index (χ1) is 10.1. The van der Waals surface area contributed by atoms with E-state index < -0.39 is 0 Å². The van der Waals surface area contributed by atoms with Crippen molar-refractivity contribution in [3.63, 3.8) is 0 Å². The molecule has 0 unspecified atom stereocenters. The summed E-state index contributed by atoms with van der Waals surface area (Å²) in [5.74, 6) is 2.54. The first kappa shape index (κ1) is 15.4. The molecule has 5 nitrogen and oxygen atoms in total. The van der Waals surface area contributed by atoms with Gasteiger partial charge in [0.1, 0.15) is 5.82 Å². The second-order valence-electron chi connectivity index (χ2n) is 4.71. The summed E-state index contributed by atoms with van der Waals surface area (Å²) in [7, 11) is 1.80. The summed E-state index contributed by atoms with van der Waals surface area (Å²) in [6, 6.07) is 12.0. The number of thioether (sulfide) groups is 1. The highest BCUT2D eigenvalue weighted by atomic mass is 32.2. The highest BCUT2D eigenvalue weighted by molar-refractivity contribution is 7.98. The Kier molecular flexibility index (Phi) is 5.68. The molecule has 112 valence electrons. The van der Waals surface area contributed by atoms with Gasteiger partial charge in [0.15, 0.2) is 0 Å². The van der Waals surface area contributed by atoms with Crippen molar-refractivity contribution in [2.45, 2.75) is 12.7 Å². The van der Waals surface area contributed by atoms with Crippen LogP contribution in [0.3, 0.4) is 0 Å². The van der Waals surface area contributed by atoms with Crippen molar-refractivity contribution in [3.8, 4) is 0 Å². The minimum Gasteiger partial charge on any atom is -0.337 e. The minimum atomic E-state index is -0.196. The van der Waals surface area contributed by atoms with Crippen LogP contribution in [0.4, 0.5) is 10.6 Å². The van der Waals surface area contributed by atoms with E-state index in [2.05, 4.69) is 27.9 Å². The second kappa shape index (κ2) is 7.73. The molecule has 0 radical (unpaired) electrons. The van der Waals surface area contributed by atoms with E-state index >= 15 is 0 Å². The van der Waals surface area contributed by atoms with Crippen molar-refractivity contribution in [2.75, 3.05) is 17.6 Å². The highest BCUT2D eigenvalue weighted by Crippen LogP contribution is 2.11. The number of anilines is 1. The summed E-state index contributed by atoms with van der Waals surface area (Å²) in [6.07, 6.45) is 0. The molecule has 2 N–H and O–H groups in total. The Morgan fingerprint density at radius 1 is 1.33 bits per heavy atom. The molecule has 2 aromatic rings. The number of amides is 2. The molecule has 0 bridgehead atoms. The van der Waals surface area contributed by atoms with Gasteiger partial charge < -0.3 is 5.32 Å². The van der Waals surface area contributed by atoms with Crippen LogP contribution in [0.1, 0.15) is 11.3 Å². The van der Waals surface area contributed by atoms with Crippen LogP contribution < -0.4 is 10.6 Å². The van der Waals surface area contributed by atoms with Gasteiger partial charge in [0.2, 0.25) is 0 Å². The normalized spacial score (nSPS) is 10.4. The first-order valence-electron chi connectivity index (χ1n) is 6.82. The van der Waals surface area contributed by atoms with Gasteiger partial charge in [-0.1, -0.05) is 30.3 Å². The smallest absolute Gasteiger partial charge is 0.320 e. The summed E-state index contributed by atoms with van der Waals surface area (Å²) >= 11 is 1.80. The maximum absolute atomic E-state index is 11.7. The lowest BCUT2D eigenvalue weighted by Crippen LogP contribution is -2.31. The minimum absolute atomic E-state index is 0.196. The van der Waals surface area contributed by atoms with Gasteiger partial charge in [-0.3, -0.25) is 10.00 Å². The molecule has 0 saturated carbocycles. The zero-order valence-corrected chi connectivity index (χ0v) is 13.1. The van der Waals surface area contributed by atoms with E-state index in [4.69, 9.17) is 0 Å². The lowest BCUT2D eigenvalue weighted by Gasteiger charge is -2.07. The fourth-order valence-electron chi connectivity index (χ4n) is 1.89. The summed E-state index contributed by atoms with van der Waals surface area (Å²) in [6.45, 7) is 2.53. The van der Waals surface area contributed by atoms with Gasteiger partial charge >= 0.3 is 6.03 Å². The molecule has 0 spiro atoms. The molecule has 1 aromatic heterocycles. The van der Waals surface area contributed by atoms with Crippen molar-refractivity contribution in [2.24, 2.45) is 7.05 Å². The van der Waals surface area contributed by atoms with Crippen LogP contribution in [0.5, 0.6) is 0 Å². The highest BCUT2D eigenvalue weighted by Gasteiger charge is 2.05. The van der Waals surface area contributed by atoms with Crippen molar-refractivity contribution in [1.29, 1.82) is 0 Å². The number of hydrogen-bond acceptors (Lipinski definition) is 3. The Labute approximate surface area is 129 Å². The Hall–Kier alpha value is -1.95. The molecule has 0 aliphatic carbocycles. The number of urea groups is 1. The number of benzene rings is 1. The number of nitrogens with one attached hydrogen (secondary N) is 2. The van der Waals surface area contributed by atoms with Crippen molar-refractivity contribution < 1.29 is 4.79 Å². The first-order valence-corrected chi connectivity index (χ1v) is 7.98. The molecule has 2 rings (SSSR count). The molecule has 0 atom stereocenters. The summed E-state index contributed by atoms with van der Waals surface area (Å²) in [5, 5.41) is 9.80. The van der Waals surface area contributed by atoms with Crippen LogP contribution in [0.25, 0.3) is 0 Å². The van der Waals surface area contributed by atoms with Gasteiger partial charge in [-0.25, -0.2) is 4.79 Å². The summed E-state index contributed by atoms with van der Waals surface area (Å²) < 4.78 is 1.65. The lowest BCUT2D eigenvalue weighted by atomic mass is 10.2. The Morgan fingerprint density at radius 3 is 2.76 bits per heavy atom. The van der Waals surface area contributed by atoms with Gasteiger partial charge in [0, 0.05) is 31.2 Å². The van der Waals surface area contributed by atoms with Crippen molar-refractivity contribution in [3.05, 3.63) is 47.7 Å². The number of aromatic nitrogens is 2. The topological polar surface area (TPSA) is 59.0 Å². The zero-order chi connectivity index (χ0) is 15.1. The number of rotatable bonds is 6. The van der Waals surface area contributed by atoms with Crippen LogP contribution >= 0.6 is 11.8 Å². The Morgan fingerprint density at radius 2 is 2.10 bits per heavy atom. The number of nitrogens with zero attached hydrogens (tertiary/aromatic N) is 2. The maximum atomic E-state index is 11.7. The predicted octanol–water partition coefficient (Wildman–Crippen LogP) is 2.78. The maximum Gasteiger partial charge on any atom is 0.320 e. The molecular formula is C15H20N4OS. The average Bonchev–Trinajstić information content (AvgIpc) is 2.77. The van der Waals surface area contributed by atoms with Crippen LogP contribution in [0, 0.1) is 6.92 Å². The van der Waals surface area contributed by atoms with E-state index in [1.165, 1.54) is 5.56 Å². The summed E-state index contributed by atoms with van der Waals surface area (Å²) in [5.41, 5.74) is 2.18. The quantitative estimate of drug-likeness (QED) is 0.807. The number of carbonyl (C=O) groups excluding carboxylic acids is 1. The van der Waals surface area contributed by atoms with Gasteiger partial charge in [-0.15, -0.1) is 0 Å². The Balaban J connectivity index is 1.62. The predicted molar refractivity (Wildman–Crippen MR) is 87.6 cm³/mol. The van der Waals surface area contributed by atoms with Crippen LogP contribution in [-0.4, -0.2) is 28.1 Å². The van der Waals surface area contributed by atoms with E-state index in [1.807, 2.05) is 31.2 Å². The molecule has 1 heterocycles. The lowest BCUT2D eigenvalue weighted by molar-refractivity contribution is 0.252. The van der Waals surface area contributed by atoms with Gasteiger partial charge in [0.25, 0.3) is 0 Å². The molecule has 6 heteroatoms. The molecule has 0 fully saturated rings. The standard InChI is InChI=1S/C15H20N4OS/c1-12-10-14(19(2)18-12)17-15(20)16-8-9-21-11-13-6-4-3-5-7-13/h3-7,10H,8-9,11H2,1-2H3,(H2,16,17,20). The van der Waals surface area contributed by atoms with Gasteiger partial charge in [-0.05, 0) is 12.5 Å². The van der Waals surface area contributed by atoms with E-state index in [-0.39, 0.29) is 6.03 Å². The average molecular weight is 304 g/mol. The fraction of sp³-hybridized carbons (Fsp3) is 0.333. The van der Waals surface area contributed by atoms with Gasteiger partial charge in [0.05, 0.1) is 5.69 Å². The molecular weight excluding hydrogens is 284 g/mol. The Bertz CT molecular complexity index is 583. The molecule has 0 aliphatic rings. The SMILES string of the molecule is Cc1cc(NC(=O)NCCSCc2ccccc2)n(C)n1. The van der Waals surface area contributed by atoms with E-state index in [0.717, 1.165) is 17.2 Å². The zero-order valence-electron chi connectivity index (χ0n) is 12.3. The fourth-order valence-corrected chi connectivity index (χ4v) is 2.71. The molecule has 21 heavy (non-hydrogen) atoms. The van der Waals surface area contributed by atoms with E-state index in [0.29, 0.717) is 12.4 Å². The van der Waals surface area contributed by atoms with Crippen molar-refractivity contribution in [1.82, 2.24) is 15.1 Å². The number of aryl methyl sites for hydroxylation is 2. The van der Waals surface area contributed by atoms with Crippen molar-refractivity contribution >= 4 is 23.6 Å². The third-order valence-corrected chi connectivity index (χ3v) is 3.92. The van der Waals surface area contributed by atoms with Crippen LogP contribution in [-0.2, 0) is 12.8 Å². The molecule has 0 saturated heterocycles. The summed E-state index contributed by atoms with van der Waals surface area (Å²) in [4.78, 5) is 11.7. The second-order valence-corrected chi connectivity index (χ2v) is 5.82. The third kappa shape index (κ3) is 5.15. The van der Waals surface area contributed by atoms with Crippen LogP contribution in [0.2, 0.25) is 0 Å². The number of hydrogen-bond donors (Lipinski definition) is 2. The monoisotopic (exact) mass is 304 g/mol. The molecule has 2 amide bonds. The third-order valence-electron chi connectivity index (χ3n) is 2.89. The molecule has 0 aliphatic heterocycles. The van der Waals surface area contributed by atoms with E-state index in [1.54, 1.807) is 23.5 Å². The molecule has 1 aromatic carbocycles. The van der Waals surface area contributed by atoms with Crippen LogP contribution in [0.15, 0.2) is 36.4 Å². The van der Waals surface area contributed by atoms with Gasteiger partial charge in [-0.2, -0.15) is 16.9 Å². The number of carbonyl (C=O) groups is 1.